The van der Waals surface area contributed by atoms with Gasteiger partial charge in [0.05, 0.1) is 24.9 Å². The van der Waals surface area contributed by atoms with Crippen molar-refractivity contribution >= 4 is 17.5 Å². The molecule has 10 nitrogen and oxygen atoms in total. The largest absolute Gasteiger partial charge is 0.392 e. The molecule has 248 valence electrons. The fourth-order valence-corrected chi connectivity index (χ4v) is 5.66. The number of nitrogens with zero attached hydrogens (tertiary/aromatic N) is 1. The second-order valence-electron chi connectivity index (χ2n) is 12.0. The van der Waals surface area contributed by atoms with Crippen molar-refractivity contribution in [2.75, 3.05) is 18.9 Å². The van der Waals surface area contributed by atoms with Gasteiger partial charge in [0.25, 0.3) is 0 Å². The number of carbonyl (C=O) groups is 2. The van der Waals surface area contributed by atoms with Gasteiger partial charge in [-0.2, -0.15) is 0 Å². The number of unbranched alkanes of at least 4 members (excludes halogenated alkanes) is 3. The summed E-state index contributed by atoms with van der Waals surface area (Å²) in [5.74, 6) is -0.493. The summed E-state index contributed by atoms with van der Waals surface area (Å²) >= 11 is 0. The summed E-state index contributed by atoms with van der Waals surface area (Å²) in [7, 11) is 1.98. The maximum Gasteiger partial charge on any atom is 0.243 e. The molecule has 4 rings (SSSR count). The average Bonchev–Trinajstić information content (AvgIpc) is 3.09. The molecule has 1 aliphatic heterocycles. The summed E-state index contributed by atoms with van der Waals surface area (Å²) in [4.78, 5) is 25.9. The minimum absolute atomic E-state index is 0.0333. The topological polar surface area (TPSA) is 141 Å². The van der Waals surface area contributed by atoms with Crippen LogP contribution in [0, 0.1) is 0 Å². The summed E-state index contributed by atoms with van der Waals surface area (Å²) < 4.78 is 13.0. The molecule has 0 aromatic heterocycles. The molecule has 0 bridgehead atoms. The number of hydrogen-bond acceptors (Lipinski definition) is 8. The van der Waals surface area contributed by atoms with Crippen LogP contribution < -0.4 is 10.8 Å². The molecule has 5 N–H and O–H groups in total. The van der Waals surface area contributed by atoms with E-state index in [0.29, 0.717) is 37.9 Å². The van der Waals surface area contributed by atoms with Crippen LogP contribution in [0.3, 0.4) is 0 Å². The molecule has 0 aliphatic carbocycles. The van der Waals surface area contributed by atoms with Crippen molar-refractivity contribution in [3.05, 3.63) is 101 Å². The minimum atomic E-state index is -0.683. The second kappa shape index (κ2) is 17.9. The third-order valence-electron chi connectivity index (χ3n) is 8.52. The first-order valence-electron chi connectivity index (χ1n) is 16.0. The van der Waals surface area contributed by atoms with E-state index in [-0.39, 0.29) is 37.2 Å². The van der Waals surface area contributed by atoms with Gasteiger partial charge < -0.3 is 25.0 Å². The summed E-state index contributed by atoms with van der Waals surface area (Å²) in [5, 5.41) is 32.1. The van der Waals surface area contributed by atoms with Crippen LogP contribution in [-0.2, 0) is 25.7 Å². The number of benzene rings is 3. The third-order valence-corrected chi connectivity index (χ3v) is 8.52. The Kier molecular flexibility index (Phi) is 13.7. The zero-order chi connectivity index (χ0) is 32.9. The van der Waals surface area contributed by atoms with Crippen molar-refractivity contribution in [3.63, 3.8) is 0 Å². The predicted octanol–water partition coefficient (Wildman–Crippen LogP) is 5.56. The lowest BCUT2D eigenvalue weighted by Gasteiger charge is -2.39. The molecular weight excluding hydrogens is 586 g/mol. The standard InChI is InChI=1S/C36H47N3O7/c1-25(35(43)28-11-6-5-7-12-28)39(2)23-31-22-32(27-19-17-26(24-40)18-20-27)46-36(45-31)29-13-10-14-30(21-29)37-33(41)15-8-3-4-9-16-34(42)38-44/h5-7,10-14,17-21,25,31-32,35-36,40,43-44H,3-4,8-9,15-16,22-24H2,1-2H3,(H,37,41)(H,38,42)/t25-,31-,32+,35-,36+/m1/s1. The van der Waals surface area contributed by atoms with Crippen LogP contribution in [0.25, 0.3) is 0 Å². The lowest BCUT2D eigenvalue weighted by atomic mass is 9.98. The molecule has 46 heavy (non-hydrogen) atoms. The molecule has 1 fully saturated rings. The second-order valence-corrected chi connectivity index (χ2v) is 12.0. The van der Waals surface area contributed by atoms with Crippen LogP contribution in [-0.4, -0.2) is 57.9 Å². The summed E-state index contributed by atoms with van der Waals surface area (Å²) in [6.45, 7) is 2.53. The van der Waals surface area contributed by atoms with Crippen LogP contribution in [0.15, 0.2) is 78.9 Å². The Bertz CT molecular complexity index is 1370. The van der Waals surface area contributed by atoms with Gasteiger partial charge in [-0.3, -0.25) is 19.7 Å². The van der Waals surface area contributed by atoms with Crippen LogP contribution in [0.2, 0.25) is 0 Å². The van der Waals surface area contributed by atoms with Gasteiger partial charge >= 0.3 is 0 Å². The van der Waals surface area contributed by atoms with Crippen LogP contribution in [0.4, 0.5) is 5.69 Å². The number of aliphatic hydroxyl groups excluding tert-OH is 2. The van der Waals surface area contributed by atoms with E-state index in [9.17, 15) is 19.8 Å². The van der Waals surface area contributed by atoms with Crippen molar-refractivity contribution in [2.45, 2.75) is 89.1 Å². The maximum atomic E-state index is 12.7. The van der Waals surface area contributed by atoms with E-state index < -0.39 is 18.3 Å². The number of carbonyl (C=O) groups excluding carboxylic acids is 2. The van der Waals surface area contributed by atoms with Gasteiger partial charge in [0.15, 0.2) is 6.29 Å². The van der Waals surface area contributed by atoms with E-state index in [1.54, 1.807) is 5.48 Å². The number of rotatable bonds is 16. The highest BCUT2D eigenvalue weighted by atomic mass is 16.7. The molecule has 1 saturated heterocycles. The van der Waals surface area contributed by atoms with Gasteiger partial charge in [-0.15, -0.1) is 0 Å². The zero-order valence-corrected chi connectivity index (χ0v) is 26.7. The van der Waals surface area contributed by atoms with Crippen LogP contribution >= 0.6 is 0 Å². The van der Waals surface area contributed by atoms with Gasteiger partial charge in [0.2, 0.25) is 11.8 Å². The lowest BCUT2D eigenvalue weighted by Crippen LogP contribution is -2.43. The summed E-state index contributed by atoms with van der Waals surface area (Å²) in [5.41, 5.74) is 5.73. The third kappa shape index (κ3) is 10.4. The first-order valence-corrected chi connectivity index (χ1v) is 16.0. The van der Waals surface area contributed by atoms with Crippen molar-refractivity contribution in [1.82, 2.24) is 10.4 Å². The van der Waals surface area contributed by atoms with Crippen molar-refractivity contribution in [3.8, 4) is 0 Å². The van der Waals surface area contributed by atoms with Gasteiger partial charge in [-0.05, 0) is 55.6 Å². The Morgan fingerprint density at radius 3 is 2.26 bits per heavy atom. The molecule has 0 spiro atoms. The van der Waals surface area contributed by atoms with E-state index >= 15 is 0 Å². The molecule has 10 heteroatoms. The van der Waals surface area contributed by atoms with Crippen LogP contribution in [0.5, 0.6) is 0 Å². The van der Waals surface area contributed by atoms with E-state index in [4.69, 9.17) is 14.7 Å². The molecule has 3 aromatic rings. The maximum absolute atomic E-state index is 12.7. The fraction of sp³-hybridized carbons (Fsp3) is 0.444. The number of hydroxylamine groups is 1. The average molecular weight is 634 g/mol. The minimum Gasteiger partial charge on any atom is -0.392 e. The SMILES string of the molecule is C[C@H]([C@@H](O)c1ccccc1)N(C)C[C@H]1C[C@@H](c2ccc(CO)cc2)O[C@@H](c2cccc(NC(=O)CCCCCCC(=O)NO)c2)O1. The van der Waals surface area contributed by atoms with Gasteiger partial charge in [0, 0.05) is 43.1 Å². The quantitative estimate of drug-likeness (QED) is 0.0785. The first-order chi connectivity index (χ1) is 22.3. The van der Waals surface area contributed by atoms with Crippen molar-refractivity contribution in [1.29, 1.82) is 0 Å². The molecule has 0 radical (unpaired) electrons. The highest BCUT2D eigenvalue weighted by molar-refractivity contribution is 5.90. The number of amides is 2. The molecule has 1 heterocycles. The normalized spacial score (nSPS) is 19.4. The van der Waals surface area contributed by atoms with E-state index in [2.05, 4.69) is 10.2 Å². The van der Waals surface area contributed by atoms with E-state index in [1.165, 1.54) is 0 Å². The molecule has 0 unspecified atom stereocenters. The fourth-order valence-electron chi connectivity index (χ4n) is 5.66. The number of nitrogens with one attached hydrogen (secondary N) is 2. The smallest absolute Gasteiger partial charge is 0.243 e. The molecule has 2 amide bonds. The van der Waals surface area contributed by atoms with Gasteiger partial charge in [-0.25, -0.2) is 5.48 Å². The number of ether oxygens (including phenoxy) is 2. The Labute approximate surface area is 271 Å². The van der Waals surface area contributed by atoms with Gasteiger partial charge in [-0.1, -0.05) is 79.6 Å². The van der Waals surface area contributed by atoms with Crippen molar-refractivity contribution < 1.29 is 34.5 Å². The molecule has 5 atom stereocenters. The van der Waals surface area contributed by atoms with Gasteiger partial charge in [0.1, 0.15) is 0 Å². The Hall–Kier alpha value is -3.64. The Morgan fingerprint density at radius 1 is 0.891 bits per heavy atom. The molecular formula is C36H47N3O7. The molecule has 0 saturated carbocycles. The number of aliphatic hydroxyl groups is 2. The van der Waals surface area contributed by atoms with E-state index in [1.807, 2.05) is 92.8 Å². The number of hydrogen-bond donors (Lipinski definition) is 5. The summed E-state index contributed by atoms with van der Waals surface area (Å²) in [6, 6.07) is 24.7. The van der Waals surface area contributed by atoms with E-state index in [0.717, 1.165) is 35.1 Å². The first kappa shape index (κ1) is 35.2. The highest BCUT2D eigenvalue weighted by Gasteiger charge is 2.34. The Morgan fingerprint density at radius 2 is 1.59 bits per heavy atom. The highest BCUT2D eigenvalue weighted by Crippen LogP contribution is 2.39. The predicted molar refractivity (Wildman–Crippen MR) is 175 cm³/mol. The molecule has 3 aromatic carbocycles. The number of likely N-dealkylation sites (N-methyl/N-ethyl adjacent to an activating group) is 1. The summed E-state index contributed by atoms with van der Waals surface area (Å²) in [6.07, 6.45) is 2.39. The monoisotopic (exact) mass is 633 g/mol. The zero-order valence-electron chi connectivity index (χ0n) is 26.7. The van der Waals surface area contributed by atoms with Crippen LogP contribution in [0.1, 0.15) is 92.6 Å². The van der Waals surface area contributed by atoms with Crippen molar-refractivity contribution in [2.24, 2.45) is 0 Å². The lowest BCUT2D eigenvalue weighted by molar-refractivity contribution is -0.253. The molecule has 1 aliphatic rings. The Balaban J connectivity index is 1.41. The number of anilines is 1.